The van der Waals surface area contributed by atoms with Crippen molar-refractivity contribution in [2.75, 3.05) is 5.01 Å². The second-order valence-corrected chi connectivity index (χ2v) is 20.0. The number of aromatic nitrogens is 4. The minimum Gasteiger partial charge on any atom is -1.00 e. The average molecular weight is 1180 g/mol. The minimum atomic E-state index is -0.425. The molecule has 9 aromatic rings. The molecule has 8 nitrogen and oxygen atoms in total. The predicted molar refractivity (Wildman–Crippen MR) is 308 cm³/mol. The Balaban J connectivity index is 0.000000245. The van der Waals surface area contributed by atoms with Crippen LogP contribution in [0.2, 0.25) is 30.1 Å². The number of aromatic hydroxyl groups is 1. The molecule has 0 radical (unpaired) electrons. The van der Waals surface area contributed by atoms with Crippen molar-refractivity contribution in [2.24, 2.45) is 5.10 Å². The topological polar surface area (TPSA) is 78.5 Å². The fourth-order valence-electron chi connectivity index (χ4n) is 8.87. The van der Waals surface area contributed by atoms with Crippen molar-refractivity contribution in [3.63, 3.8) is 0 Å². The van der Waals surface area contributed by atoms with Crippen LogP contribution in [-0.4, -0.2) is 26.5 Å². The molecule has 0 atom stereocenters. The first kappa shape index (κ1) is 58.0. The zero-order valence-corrected chi connectivity index (χ0v) is 47.7. The lowest BCUT2D eigenvalue weighted by atomic mass is 10.0. The van der Waals surface area contributed by atoms with Gasteiger partial charge in [0.2, 0.25) is 17.3 Å². The van der Waals surface area contributed by atoms with Gasteiger partial charge in [-0.25, -0.2) is 0 Å². The van der Waals surface area contributed by atoms with E-state index in [9.17, 15) is 9.90 Å². The van der Waals surface area contributed by atoms with Gasteiger partial charge in [0.15, 0.2) is 24.8 Å². The molecule has 0 saturated heterocycles. The molecule has 0 fully saturated rings. The number of carbonyl (C=O) groups is 1. The van der Waals surface area contributed by atoms with E-state index in [4.69, 9.17) is 69.6 Å². The van der Waals surface area contributed by atoms with Crippen molar-refractivity contribution in [3.05, 3.63) is 264 Å². The van der Waals surface area contributed by atoms with E-state index in [0.717, 1.165) is 11.1 Å². The summed E-state index contributed by atoms with van der Waals surface area (Å²) in [5.41, 5.74) is 13.7. The van der Waals surface area contributed by atoms with E-state index < -0.39 is 5.91 Å². The summed E-state index contributed by atoms with van der Waals surface area (Å²) in [5, 5.41) is 23.2. The summed E-state index contributed by atoms with van der Waals surface area (Å²) in [5.74, 6) is -0.611. The summed E-state index contributed by atoms with van der Waals surface area (Å²) in [4.78, 5) is 13.7. The molecule has 0 unspecified atom stereocenters. The molecule has 16 heteroatoms. The van der Waals surface area contributed by atoms with E-state index in [1.54, 1.807) is 30.4 Å². The molecule has 3 aromatic heterocycles. The van der Waals surface area contributed by atoms with Crippen molar-refractivity contribution in [1.29, 1.82) is 0 Å². The van der Waals surface area contributed by atoms with Gasteiger partial charge >= 0.3 is 0 Å². The maximum Gasteiger partial charge on any atom is 0.281 e. The summed E-state index contributed by atoms with van der Waals surface area (Å²) in [6.07, 6.45) is 17.0. The van der Waals surface area contributed by atoms with Gasteiger partial charge in [-0.05, 0) is 75.2 Å². The standard InChI is InChI=1S/C35H20Cl6N4O2.C26H26N2.2ClH/c36-22-16-26(38)32(27(39)17-22)44-34(46)24(30(42-44)20-10-4-1-5-11-20)14-8-3-9-15-25-31(21-12-6-2-7-13-21)43-45(35(25)47)33-28(40)18-23(37)19-29(33)41;1-19-7-5-8-20(2)25(19)27-15-11-23(12-16-27)24-13-17-28(18-14-24)26-21(3)9-6-10-22(26)4;;/h1-19,46H;5-18H,1-4H3;2*1H/q;+2;;/p-2/b9-3?,14-8?,25-15-;;;. The van der Waals surface area contributed by atoms with E-state index in [-0.39, 0.29) is 62.2 Å². The first-order chi connectivity index (χ1) is 36.2. The summed E-state index contributed by atoms with van der Waals surface area (Å²) in [6, 6.07) is 46.3. The Morgan fingerprint density at radius 2 is 0.935 bits per heavy atom. The van der Waals surface area contributed by atoms with Crippen LogP contribution < -0.4 is 39.0 Å². The lowest BCUT2D eigenvalue weighted by Crippen LogP contribution is -3.00. The highest BCUT2D eigenvalue weighted by Crippen LogP contribution is 2.41. The Labute approximate surface area is 489 Å². The van der Waals surface area contributed by atoms with Crippen molar-refractivity contribution < 1.29 is 43.8 Å². The molecule has 1 aliphatic heterocycles. The van der Waals surface area contributed by atoms with Crippen molar-refractivity contribution in [1.82, 2.24) is 9.78 Å². The zero-order chi connectivity index (χ0) is 52.9. The molecule has 10 rings (SSSR count). The van der Waals surface area contributed by atoms with Crippen LogP contribution >= 0.6 is 69.6 Å². The van der Waals surface area contributed by atoms with E-state index in [1.165, 1.54) is 78.7 Å². The number of nitrogens with zero attached hydrogens (tertiary/aromatic N) is 6. The van der Waals surface area contributed by atoms with E-state index >= 15 is 0 Å². The number of rotatable bonds is 10. The summed E-state index contributed by atoms with van der Waals surface area (Å²) < 4.78 is 5.68. The lowest BCUT2D eigenvalue weighted by Gasteiger charge is -2.15. The van der Waals surface area contributed by atoms with Crippen LogP contribution in [0.1, 0.15) is 33.4 Å². The fourth-order valence-corrected chi connectivity index (χ4v) is 10.8. The molecule has 77 heavy (non-hydrogen) atoms. The predicted octanol–water partition coefficient (Wildman–Crippen LogP) is 10.3. The summed E-state index contributed by atoms with van der Waals surface area (Å²) in [7, 11) is 0. The molecule has 1 aliphatic rings. The van der Waals surface area contributed by atoms with Crippen LogP contribution in [0, 0.1) is 27.7 Å². The number of carbonyl (C=O) groups excluding carboxylic acids is 1. The van der Waals surface area contributed by atoms with Gasteiger partial charge in [0.1, 0.15) is 22.8 Å². The monoisotopic (exact) mass is 1170 g/mol. The minimum absolute atomic E-state index is 0. The lowest BCUT2D eigenvalue weighted by molar-refractivity contribution is -0.597. The highest BCUT2D eigenvalue weighted by Gasteiger charge is 2.34. The number of allylic oxidation sites excluding steroid dienone is 4. The molecule has 388 valence electrons. The molecule has 0 bridgehead atoms. The SMILES string of the molecule is Cc1cccc(C)c1-[n+]1ccc(-c2cc[n+](-c3c(C)cccc3C)cc2)cc1.O=C1/C(=C\C=CC=Cc2c(-c3ccccc3)nn(-c3c(Cl)cc(Cl)cc3Cl)c2O)C(c2ccccc2)=NN1c1c(Cl)cc(Cl)cc1Cl.[Cl-].[Cl-]. The summed E-state index contributed by atoms with van der Waals surface area (Å²) >= 11 is 38.0. The third-order valence-electron chi connectivity index (χ3n) is 12.4. The molecule has 0 aliphatic carbocycles. The van der Waals surface area contributed by atoms with E-state index in [0.29, 0.717) is 32.6 Å². The molecule has 4 heterocycles. The summed E-state index contributed by atoms with van der Waals surface area (Å²) in [6.45, 7) is 8.64. The van der Waals surface area contributed by atoms with Gasteiger partial charge in [0, 0.05) is 67.7 Å². The highest BCUT2D eigenvalue weighted by atomic mass is 35.5. The number of para-hydroxylation sites is 2. The number of hydrogen-bond acceptors (Lipinski definition) is 4. The van der Waals surface area contributed by atoms with Crippen LogP contribution in [0.5, 0.6) is 5.88 Å². The molecule has 0 spiro atoms. The van der Waals surface area contributed by atoms with Gasteiger partial charge in [0.05, 0.1) is 31.2 Å². The Hall–Kier alpha value is -6.69. The van der Waals surface area contributed by atoms with Gasteiger partial charge in [0.25, 0.3) is 5.91 Å². The van der Waals surface area contributed by atoms with Crippen LogP contribution in [0.25, 0.3) is 45.5 Å². The van der Waals surface area contributed by atoms with E-state index in [1.807, 2.05) is 60.7 Å². The van der Waals surface area contributed by atoms with Gasteiger partial charge < -0.3 is 29.9 Å². The first-order valence-corrected chi connectivity index (χ1v) is 25.8. The number of hydrazone groups is 1. The molecular formula is C61H46Cl8N6O2. The van der Waals surface area contributed by atoms with Gasteiger partial charge in [-0.2, -0.15) is 29.0 Å². The Morgan fingerprint density at radius 1 is 0.506 bits per heavy atom. The number of pyridine rings is 2. The van der Waals surface area contributed by atoms with Gasteiger partial charge in [-0.1, -0.05) is 185 Å². The normalized spacial score (nSPS) is 12.6. The quantitative estimate of drug-likeness (QED) is 0.0842. The fraction of sp³-hybridized carbons (Fsp3) is 0.0656. The molecule has 1 N–H and O–H groups in total. The maximum absolute atomic E-state index is 13.7. The number of amides is 1. The van der Waals surface area contributed by atoms with Crippen molar-refractivity contribution in [2.45, 2.75) is 27.7 Å². The first-order valence-electron chi connectivity index (χ1n) is 23.6. The number of anilines is 1. The van der Waals surface area contributed by atoms with Gasteiger partial charge in [-0.15, -0.1) is 0 Å². The number of aryl methyl sites for hydroxylation is 4. The molecular weight excluding hydrogens is 1130 g/mol. The third kappa shape index (κ3) is 12.7. The maximum atomic E-state index is 13.7. The third-order valence-corrected chi connectivity index (χ3v) is 14.0. The Morgan fingerprint density at radius 3 is 1.39 bits per heavy atom. The van der Waals surface area contributed by atoms with Crippen LogP contribution in [0.15, 0.2) is 205 Å². The Bertz CT molecular complexity index is 3570. The van der Waals surface area contributed by atoms with Crippen LogP contribution in [0.4, 0.5) is 5.69 Å². The second-order valence-electron chi connectivity index (χ2n) is 17.5. The van der Waals surface area contributed by atoms with Crippen LogP contribution in [0.3, 0.4) is 0 Å². The smallest absolute Gasteiger partial charge is 0.281 e. The molecule has 1 amide bonds. The number of benzene rings is 6. The van der Waals surface area contributed by atoms with Crippen molar-refractivity contribution >= 4 is 93.0 Å². The zero-order valence-electron chi connectivity index (χ0n) is 41.6. The van der Waals surface area contributed by atoms with Gasteiger partial charge in [-0.3, -0.25) is 4.79 Å². The second kappa shape index (κ2) is 25.6. The number of hydrogen-bond donors (Lipinski definition) is 1. The number of halogens is 8. The Kier molecular flexibility index (Phi) is 19.3. The largest absolute Gasteiger partial charge is 1.00 e. The van der Waals surface area contributed by atoms with Crippen LogP contribution in [-0.2, 0) is 4.79 Å². The van der Waals surface area contributed by atoms with Crippen molar-refractivity contribution in [3.8, 4) is 45.3 Å². The highest BCUT2D eigenvalue weighted by molar-refractivity contribution is 6.44. The molecule has 0 saturated carbocycles. The molecule has 6 aromatic carbocycles. The average Bonchev–Trinajstić information content (AvgIpc) is 3.88. The van der Waals surface area contributed by atoms with E-state index in [2.05, 4.69) is 132 Å².